The first-order valence-corrected chi connectivity index (χ1v) is 18.0. The molecule has 0 radical (unpaired) electrons. The van der Waals surface area contributed by atoms with Crippen molar-refractivity contribution in [2.45, 2.75) is 74.7 Å². The van der Waals surface area contributed by atoms with E-state index in [2.05, 4.69) is 4.72 Å². The van der Waals surface area contributed by atoms with E-state index in [4.69, 9.17) is 9.05 Å². The molecular weight excluding hydrogens is 609 g/mol. The molecule has 3 aromatic rings. The third kappa shape index (κ3) is 6.62. The third-order valence-electron chi connectivity index (χ3n) is 6.33. The molecule has 0 amide bonds. The van der Waals surface area contributed by atoms with Crippen molar-refractivity contribution in [1.29, 1.82) is 0 Å². The summed E-state index contributed by atoms with van der Waals surface area (Å²) in [5, 5.41) is -2.49. The van der Waals surface area contributed by atoms with Crippen molar-refractivity contribution in [3.8, 4) is 0 Å². The van der Waals surface area contributed by atoms with Gasteiger partial charge in [0.1, 0.15) is 4.91 Å². The minimum absolute atomic E-state index is 0.0702. The predicted octanol–water partition coefficient (Wildman–Crippen LogP) is 6.50. The minimum atomic E-state index is -4.83. The van der Waals surface area contributed by atoms with Crippen molar-refractivity contribution < 1.29 is 35.2 Å². The zero-order valence-electron chi connectivity index (χ0n) is 25.1. The number of Topliss-reactive ketones (excluding diaryl/α,β-unsaturated/α-hetero) is 1. The quantitative estimate of drug-likeness (QED) is 0.275. The van der Waals surface area contributed by atoms with Crippen molar-refractivity contribution in [1.82, 2.24) is 4.72 Å². The van der Waals surface area contributed by atoms with Crippen molar-refractivity contribution in [2.24, 2.45) is 0 Å². The topological polar surface area (TPSA) is 133 Å². The molecule has 0 aliphatic heterocycles. The zero-order chi connectivity index (χ0) is 32.1. The molecule has 3 aromatic carbocycles. The molecule has 0 saturated carbocycles. The number of benzene rings is 3. The van der Waals surface area contributed by atoms with Gasteiger partial charge in [-0.05, 0) is 78.8 Å². The number of sulfone groups is 1. The molecule has 43 heavy (non-hydrogen) atoms. The monoisotopic (exact) mass is 645 g/mol. The number of carbonyl (C=O) groups excluding carboxylic acids is 1. The van der Waals surface area contributed by atoms with Crippen LogP contribution in [0.4, 0.5) is 0 Å². The number of rotatable bonds is 8. The third-order valence-corrected chi connectivity index (χ3v) is 12.7. The van der Waals surface area contributed by atoms with Crippen molar-refractivity contribution in [3.05, 3.63) is 107 Å². The lowest BCUT2D eigenvalue weighted by Crippen LogP contribution is -2.50. The molecule has 0 saturated heterocycles. The van der Waals surface area contributed by atoms with E-state index in [1.807, 2.05) is 0 Å². The van der Waals surface area contributed by atoms with Gasteiger partial charge in [-0.15, -0.1) is 0 Å². The molecule has 12 heteroatoms. The lowest BCUT2D eigenvalue weighted by Gasteiger charge is -2.44. The van der Waals surface area contributed by atoms with E-state index in [0.29, 0.717) is 0 Å². The predicted molar refractivity (Wildman–Crippen MR) is 165 cm³/mol. The SMILES string of the molecule is Cc1ccc(S(=O)(=O)C2=CC(NS(=O)(=O)c3ccccc3)(P(=O)(OC(C)(C)C)OC(C)(C)C)c3ccccc3C2=O)cc1. The molecule has 1 unspecified atom stereocenters. The fourth-order valence-electron chi connectivity index (χ4n) is 4.64. The second-order valence-corrected chi connectivity index (χ2v) is 18.0. The minimum Gasteiger partial charge on any atom is -0.301 e. The van der Waals surface area contributed by atoms with Crippen LogP contribution in [0.25, 0.3) is 0 Å². The molecule has 1 aliphatic rings. The van der Waals surface area contributed by atoms with E-state index in [-0.39, 0.29) is 20.9 Å². The van der Waals surface area contributed by atoms with Crippen molar-refractivity contribution >= 4 is 33.2 Å². The number of sulfonamides is 1. The number of allylic oxidation sites excluding steroid dienone is 1. The normalized spacial score (nSPS) is 18.2. The summed E-state index contributed by atoms with van der Waals surface area (Å²) in [5.41, 5.74) is -1.79. The Morgan fingerprint density at radius 1 is 0.721 bits per heavy atom. The van der Waals surface area contributed by atoms with E-state index >= 15 is 4.57 Å². The lowest BCUT2D eigenvalue weighted by atomic mass is 9.92. The van der Waals surface area contributed by atoms with E-state index in [1.54, 1.807) is 66.7 Å². The zero-order valence-corrected chi connectivity index (χ0v) is 27.6. The van der Waals surface area contributed by atoms with Crippen LogP contribution in [-0.4, -0.2) is 33.8 Å². The highest BCUT2D eigenvalue weighted by Crippen LogP contribution is 2.69. The summed E-state index contributed by atoms with van der Waals surface area (Å²) >= 11 is 0. The van der Waals surface area contributed by atoms with Crippen LogP contribution in [0.3, 0.4) is 0 Å². The van der Waals surface area contributed by atoms with Gasteiger partial charge in [0, 0.05) is 11.1 Å². The highest BCUT2D eigenvalue weighted by Gasteiger charge is 2.60. The van der Waals surface area contributed by atoms with Gasteiger partial charge < -0.3 is 9.05 Å². The van der Waals surface area contributed by atoms with Crippen LogP contribution in [-0.2, 0) is 38.8 Å². The standard InChI is InChI=1S/C31H36NO8PS2/c1-22-17-19-23(20-18-22)42(35,36)27-21-31(26-16-12-11-15-25(26)28(27)33,32-43(37,38)24-13-9-8-10-14-24)41(34,39-29(2,3)4)40-30(5,6)7/h8-21,32H,1-7H3. The Labute approximate surface area is 253 Å². The van der Waals surface area contributed by atoms with Crippen LogP contribution in [0, 0.1) is 6.92 Å². The highest BCUT2D eigenvalue weighted by molar-refractivity contribution is 7.96. The van der Waals surface area contributed by atoms with E-state index < -0.39 is 54.6 Å². The number of ketones is 1. The van der Waals surface area contributed by atoms with Gasteiger partial charge in [0.2, 0.25) is 25.6 Å². The van der Waals surface area contributed by atoms with Crippen LogP contribution >= 0.6 is 7.60 Å². The van der Waals surface area contributed by atoms with Crippen LogP contribution < -0.4 is 4.72 Å². The Kier molecular flexibility index (Phi) is 8.60. The maximum absolute atomic E-state index is 15.4. The molecule has 0 heterocycles. The highest BCUT2D eigenvalue weighted by atomic mass is 32.2. The molecule has 0 aromatic heterocycles. The number of aryl methyl sites for hydroxylation is 1. The van der Waals surface area contributed by atoms with Gasteiger partial charge in [0.25, 0.3) is 0 Å². The lowest BCUT2D eigenvalue weighted by molar-refractivity contribution is 0.0395. The van der Waals surface area contributed by atoms with Crippen LogP contribution in [0.15, 0.2) is 99.6 Å². The summed E-state index contributed by atoms with van der Waals surface area (Å²) in [6.45, 7) is 11.4. The number of hydrogen-bond acceptors (Lipinski definition) is 8. The fraction of sp³-hybridized carbons (Fsp3) is 0.323. The second kappa shape index (κ2) is 11.2. The summed E-state index contributed by atoms with van der Waals surface area (Å²) in [6.07, 6.45) is 0.894. The Morgan fingerprint density at radius 2 is 1.23 bits per heavy atom. The summed E-state index contributed by atoms with van der Waals surface area (Å²) < 4.78 is 86.5. The maximum Gasteiger partial charge on any atom is 0.361 e. The van der Waals surface area contributed by atoms with Gasteiger partial charge >= 0.3 is 7.60 Å². The largest absolute Gasteiger partial charge is 0.361 e. The summed E-state index contributed by atoms with van der Waals surface area (Å²) in [5.74, 6) is -0.885. The molecule has 9 nitrogen and oxygen atoms in total. The average molecular weight is 646 g/mol. The Hall–Kier alpha value is -2.92. The molecule has 0 bridgehead atoms. The summed E-state index contributed by atoms with van der Waals surface area (Å²) in [6, 6.07) is 19.0. The van der Waals surface area contributed by atoms with Gasteiger partial charge in [-0.2, -0.15) is 4.72 Å². The van der Waals surface area contributed by atoms with E-state index in [9.17, 15) is 21.6 Å². The van der Waals surface area contributed by atoms with Crippen LogP contribution in [0.2, 0.25) is 0 Å². The van der Waals surface area contributed by atoms with E-state index in [1.165, 1.54) is 60.7 Å². The first-order valence-electron chi connectivity index (χ1n) is 13.5. The maximum atomic E-state index is 15.4. The molecule has 230 valence electrons. The number of carbonyl (C=O) groups is 1. The average Bonchev–Trinajstić information content (AvgIpc) is 2.88. The Bertz CT molecular complexity index is 1820. The molecule has 1 atom stereocenters. The first kappa shape index (κ1) is 33.0. The van der Waals surface area contributed by atoms with Crippen molar-refractivity contribution in [3.63, 3.8) is 0 Å². The molecular formula is C31H36NO8PS2. The molecule has 1 aliphatic carbocycles. The fourth-order valence-corrected chi connectivity index (χ4v) is 10.7. The molecule has 4 rings (SSSR count). The van der Waals surface area contributed by atoms with E-state index in [0.717, 1.165) is 11.6 Å². The summed E-state index contributed by atoms with van der Waals surface area (Å²) in [4.78, 5) is 12.8. The van der Waals surface area contributed by atoms with Gasteiger partial charge in [-0.3, -0.25) is 9.36 Å². The van der Waals surface area contributed by atoms with Gasteiger partial charge in [-0.25, -0.2) is 16.8 Å². The number of fused-ring (bicyclic) bond motifs is 1. The van der Waals surface area contributed by atoms with Gasteiger partial charge in [0.05, 0.1) is 21.0 Å². The first-order chi connectivity index (χ1) is 19.7. The van der Waals surface area contributed by atoms with Crippen molar-refractivity contribution in [2.75, 3.05) is 0 Å². The van der Waals surface area contributed by atoms with Gasteiger partial charge in [0.15, 0.2) is 5.28 Å². The summed E-state index contributed by atoms with van der Waals surface area (Å²) in [7, 11) is -13.9. The van der Waals surface area contributed by atoms with Gasteiger partial charge in [-0.1, -0.05) is 60.2 Å². The smallest absolute Gasteiger partial charge is 0.301 e. The Balaban J connectivity index is 2.17. The van der Waals surface area contributed by atoms with Crippen LogP contribution in [0.5, 0.6) is 0 Å². The number of hydrogen-bond donors (Lipinski definition) is 1. The molecule has 0 fully saturated rings. The second-order valence-electron chi connectivity index (χ2n) is 12.3. The molecule has 1 N–H and O–H groups in total. The Morgan fingerprint density at radius 3 is 1.77 bits per heavy atom. The van der Waals surface area contributed by atoms with Crippen LogP contribution in [0.1, 0.15) is 63.0 Å². The number of nitrogens with one attached hydrogen (secondary N) is 1. The molecule has 0 spiro atoms.